The van der Waals surface area contributed by atoms with Gasteiger partial charge >= 0.3 is 5.97 Å². The van der Waals surface area contributed by atoms with E-state index in [4.69, 9.17) is 27.9 Å². The molecule has 0 spiro atoms. The van der Waals surface area contributed by atoms with E-state index in [0.717, 1.165) is 25.7 Å². The van der Waals surface area contributed by atoms with Crippen molar-refractivity contribution in [1.29, 1.82) is 0 Å². The molecule has 2 unspecified atom stereocenters. The third-order valence-corrected chi connectivity index (χ3v) is 7.26. The largest absolute Gasteiger partial charge is 0.452 e. The highest BCUT2D eigenvalue weighted by Gasteiger charge is 2.30. The van der Waals surface area contributed by atoms with Gasteiger partial charge in [0.05, 0.1) is 16.5 Å². The van der Waals surface area contributed by atoms with Crippen LogP contribution in [0, 0.1) is 0 Å². The fraction of sp³-hybridized carbons (Fsp3) is 0.579. The Morgan fingerprint density at radius 2 is 1.93 bits per heavy atom. The topological polar surface area (TPSA) is 92.8 Å². The van der Waals surface area contributed by atoms with Gasteiger partial charge < -0.3 is 9.64 Å². The summed E-state index contributed by atoms with van der Waals surface area (Å²) >= 11 is 11.8. The van der Waals surface area contributed by atoms with Gasteiger partial charge in [-0.3, -0.25) is 9.59 Å². The Morgan fingerprint density at radius 1 is 1.28 bits per heavy atom. The highest BCUT2D eigenvalue weighted by Crippen LogP contribution is 2.28. The zero-order valence-electron chi connectivity index (χ0n) is 16.5. The minimum Gasteiger partial charge on any atom is -0.452 e. The Morgan fingerprint density at radius 3 is 2.55 bits per heavy atom. The second-order valence-electron chi connectivity index (χ2n) is 6.92. The van der Waals surface area contributed by atoms with Gasteiger partial charge in [0.2, 0.25) is 10.0 Å². The SMILES string of the molecule is CCC1CCCCN1C(=O)C(C)OC(=O)CCNS(=O)(=O)c1c(Cl)cccc1Cl. The number of benzene rings is 1. The molecule has 162 valence electrons. The fourth-order valence-electron chi connectivity index (χ4n) is 3.35. The molecule has 0 aliphatic carbocycles. The van der Waals surface area contributed by atoms with E-state index in [-0.39, 0.29) is 39.9 Å². The number of carbonyl (C=O) groups excluding carboxylic acids is 2. The van der Waals surface area contributed by atoms with Crippen LogP contribution in [-0.4, -0.2) is 50.4 Å². The third-order valence-electron chi connectivity index (χ3n) is 4.85. The van der Waals surface area contributed by atoms with E-state index < -0.39 is 22.1 Å². The summed E-state index contributed by atoms with van der Waals surface area (Å²) in [7, 11) is -3.99. The van der Waals surface area contributed by atoms with Crippen LogP contribution in [0.15, 0.2) is 23.1 Å². The number of ether oxygens (including phenoxy) is 1. The Labute approximate surface area is 181 Å². The molecule has 1 saturated heterocycles. The number of hydrogen-bond donors (Lipinski definition) is 1. The average Bonchev–Trinajstić information content (AvgIpc) is 2.66. The zero-order chi connectivity index (χ0) is 21.6. The first-order chi connectivity index (χ1) is 13.7. The number of hydrogen-bond acceptors (Lipinski definition) is 5. The Bertz CT molecular complexity index is 827. The van der Waals surface area contributed by atoms with Gasteiger partial charge in [-0.25, -0.2) is 13.1 Å². The highest BCUT2D eigenvalue weighted by atomic mass is 35.5. The van der Waals surface area contributed by atoms with E-state index >= 15 is 0 Å². The fourth-order valence-corrected chi connectivity index (χ4v) is 5.53. The molecule has 1 N–H and O–H groups in total. The number of rotatable bonds is 8. The second kappa shape index (κ2) is 10.6. The maximum Gasteiger partial charge on any atom is 0.307 e. The molecule has 1 fully saturated rings. The molecular weight excluding hydrogens is 439 g/mol. The molecule has 0 saturated carbocycles. The number of piperidine rings is 1. The van der Waals surface area contributed by atoms with Gasteiger partial charge in [0.25, 0.3) is 5.91 Å². The smallest absolute Gasteiger partial charge is 0.307 e. The van der Waals surface area contributed by atoms with E-state index in [1.54, 1.807) is 4.90 Å². The van der Waals surface area contributed by atoms with Crippen molar-refractivity contribution in [3.05, 3.63) is 28.2 Å². The third kappa shape index (κ3) is 6.31. The molecule has 7 nitrogen and oxygen atoms in total. The molecule has 2 rings (SSSR count). The molecule has 1 heterocycles. The molecule has 1 aliphatic heterocycles. The lowest BCUT2D eigenvalue weighted by molar-refractivity contribution is -0.160. The molecule has 0 bridgehead atoms. The molecule has 2 atom stereocenters. The van der Waals surface area contributed by atoms with Gasteiger partial charge in [0.1, 0.15) is 4.90 Å². The van der Waals surface area contributed by atoms with Crippen LogP contribution in [0.4, 0.5) is 0 Å². The molecule has 1 amide bonds. The monoisotopic (exact) mass is 464 g/mol. The number of likely N-dealkylation sites (tertiary alicyclic amines) is 1. The molecule has 1 aromatic rings. The van der Waals surface area contributed by atoms with Gasteiger partial charge in [-0.15, -0.1) is 0 Å². The summed E-state index contributed by atoms with van der Waals surface area (Å²) in [6, 6.07) is 4.52. The van der Waals surface area contributed by atoms with E-state index in [2.05, 4.69) is 4.72 Å². The summed E-state index contributed by atoms with van der Waals surface area (Å²) in [6.45, 7) is 4.03. The van der Waals surface area contributed by atoms with E-state index in [1.807, 2.05) is 6.92 Å². The van der Waals surface area contributed by atoms with Crippen LogP contribution in [0.3, 0.4) is 0 Å². The first-order valence-corrected chi connectivity index (χ1v) is 11.8. The van der Waals surface area contributed by atoms with Crippen LogP contribution in [0.1, 0.15) is 46.0 Å². The summed E-state index contributed by atoms with van der Waals surface area (Å²) in [5.74, 6) is -0.878. The lowest BCUT2D eigenvalue weighted by Crippen LogP contribution is -2.48. The maximum atomic E-state index is 12.6. The van der Waals surface area contributed by atoms with Crippen LogP contribution >= 0.6 is 23.2 Å². The minimum absolute atomic E-state index is 0.0150. The quantitative estimate of drug-likeness (QED) is 0.595. The number of amides is 1. The van der Waals surface area contributed by atoms with Crippen LogP contribution in [0.25, 0.3) is 0 Å². The molecule has 10 heteroatoms. The summed E-state index contributed by atoms with van der Waals surface area (Å²) in [5, 5.41) is -0.0300. The van der Waals surface area contributed by atoms with Crippen molar-refractivity contribution in [3.63, 3.8) is 0 Å². The van der Waals surface area contributed by atoms with Crippen molar-refractivity contribution in [3.8, 4) is 0 Å². The summed E-state index contributed by atoms with van der Waals surface area (Å²) in [4.78, 5) is 26.2. The van der Waals surface area contributed by atoms with Crippen molar-refractivity contribution in [1.82, 2.24) is 9.62 Å². The van der Waals surface area contributed by atoms with Gasteiger partial charge in [-0.2, -0.15) is 0 Å². The van der Waals surface area contributed by atoms with Gasteiger partial charge in [0, 0.05) is 19.1 Å². The van der Waals surface area contributed by atoms with Crippen LogP contribution < -0.4 is 4.72 Å². The molecule has 0 aromatic heterocycles. The standard InChI is InChI=1S/C19H26Cl2N2O5S/c1-3-14-7-4-5-12-23(14)19(25)13(2)28-17(24)10-11-22-29(26,27)18-15(20)8-6-9-16(18)21/h6,8-9,13-14,22H,3-5,7,10-12H2,1-2H3. The maximum absolute atomic E-state index is 12.6. The van der Waals surface area contributed by atoms with Crippen LogP contribution in [0.5, 0.6) is 0 Å². The molecule has 1 aliphatic rings. The second-order valence-corrected chi connectivity index (χ2v) is 9.44. The zero-order valence-corrected chi connectivity index (χ0v) is 18.8. The van der Waals surface area contributed by atoms with Crippen molar-refractivity contribution in [2.75, 3.05) is 13.1 Å². The summed E-state index contributed by atoms with van der Waals surface area (Å²) < 4.78 is 32.2. The predicted molar refractivity (Wildman–Crippen MR) is 111 cm³/mol. The number of carbonyl (C=O) groups is 2. The Hall–Kier alpha value is -1.35. The summed E-state index contributed by atoms with van der Waals surface area (Å²) in [5.41, 5.74) is 0. The molecule has 0 radical (unpaired) electrons. The van der Waals surface area contributed by atoms with Gasteiger partial charge in [0.15, 0.2) is 6.10 Å². The van der Waals surface area contributed by atoms with Crippen molar-refractivity contribution >= 4 is 45.1 Å². The number of esters is 1. The number of halogens is 2. The number of nitrogens with zero attached hydrogens (tertiary/aromatic N) is 1. The predicted octanol–water partition coefficient (Wildman–Crippen LogP) is 3.38. The Balaban J connectivity index is 1.87. The van der Waals surface area contributed by atoms with Crippen molar-refractivity contribution < 1.29 is 22.7 Å². The van der Waals surface area contributed by atoms with Crippen LogP contribution in [0.2, 0.25) is 10.0 Å². The average molecular weight is 465 g/mol. The first-order valence-electron chi connectivity index (χ1n) is 9.61. The lowest BCUT2D eigenvalue weighted by atomic mass is 9.99. The molecule has 1 aromatic carbocycles. The highest BCUT2D eigenvalue weighted by molar-refractivity contribution is 7.89. The first kappa shape index (κ1) is 23.9. The minimum atomic E-state index is -3.99. The number of nitrogens with one attached hydrogen (secondary N) is 1. The number of sulfonamides is 1. The summed E-state index contributed by atoms with van der Waals surface area (Å²) in [6.07, 6.45) is 2.70. The molecular formula is C19H26Cl2N2O5S. The Kier molecular flexibility index (Phi) is 8.75. The lowest BCUT2D eigenvalue weighted by Gasteiger charge is -2.36. The normalized spacial score (nSPS) is 18.3. The van der Waals surface area contributed by atoms with Crippen molar-refractivity contribution in [2.24, 2.45) is 0 Å². The van der Waals surface area contributed by atoms with E-state index in [0.29, 0.717) is 6.54 Å². The van der Waals surface area contributed by atoms with E-state index in [1.165, 1.54) is 25.1 Å². The van der Waals surface area contributed by atoms with E-state index in [9.17, 15) is 18.0 Å². The van der Waals surface area contributed by atoms with Crippen LogP contribution in [-0.2, 0) is 24.3 Å². The molecule has 29 heavy (non-hydrogen) atoms. The van der Waals surface area contributed by atoms with Crippen molar-refractivity contribution in [2.45, 2.75) is 63.0 Å². The van der Waals surface area contributed by atoms with Gasteiger partial charge in [-0.1, -0.05) is 36.2 Å². The van der Waals surface area contributed by atoms with Gasteiger partial charge in [-0.05, 0) is 44.7 Å².